The van der Waals surface area contributed by atoms with Gasteiger partial charge in [0.25, 0.3) is 5.91 Å². The highest BCUT2D eigenvalue weighted by Crippen LogP contribution is 2.30. The quantitative estimate of drug-likeness (QED) is 0.732. The summed E-state index contributed by atoms with van der Waals surface area (Å²) in [7, 11) is 0. The van der Waals surface area contributed by atoms with Gasteiger partial charge in [-0.3, -0.25) is 4.79 Å². The summed E-state index contributed by atoms with van der Waals surface area (Å²) in [5, 5.41) is 4.11. The first kappa shape index (κ1) is 16.8. The standard InChI is InChI=1S/C20H21N3O3S/c24-20(21-17-10-23-6-3-14(17)4-7-23)19-16-2-1-15(9-18(16)27-22-19)26-12-13-5-8-25-11-13/h1-2,5,8-9,11,14,17H,3-4,6-7,10,12H2,(H,21,24)/t17-/m0/s1. The Morgan fingerprint density at radius 2 is 2.22 bits per heavy atom. The largest absolute Gasteiger partial charge is 0.489 e. The van der Waals surface area contributed by atoms with Crippen molar-refractivity contribution in [3.05, 3.63) is 48.0 Å². The first-order valence-corrected chi connectivity index (χ1v) is 10.1. The molecule has 1 aromatic carbocycles. The highest BCUT2D eigenvalue weighted by Gasteiger charge is 2.35. The van der Waals surface area contributed by atoms with Gasteiger partial charge in [-0.05, 0) is 67.6 Å². The number of nitrogens with zero attached hydrogens (tertiary/aromatic N) is 2. The molecule has 3 aromatic rings. The lowest BCUT2D eigenvalue weighted by molar-refractivity contribution is 0.0619. The molecule has 3 saturated heterocycles. The Labute approximate surface area is 161 Å². The number of hydrogen-bond donors (Lipinski definition) is 1. The van der Waals surface area contributed by atoms with Gasteiger partial charge in [0.2, 0.25) is 0 Å². The van der Waals surface area contributed by atoms with Crippen LogP contribution in [0.15, 0.2) is 41.2 Å². The summed E-state index contributed by atoms with van der Waals surface area (Å²) >= 11 is 1.34. The molecule has 0 spiro atoms. The van der Waals surface area contributed by atoms with E-state index in [-0.39, 0.29) is 11.9 Å². The summed E-state index contributed by atoms with van der Waals surface area (Å²) in [6.45, 7) is 3.74. The summed E-state index contributed by atoms with van der Waals surface area (Å²) in [6.07, 6.45) is 5.66. The van der Waals surface area contributed by atoms with Crippen molar-refractivity contribution in [3.63, 3.8) is 0 Å². The molecule has 6 nitrogen and oxygen atoms in total. The Kier molecular flexibility index (Phi) is 4.33. The number of aromatic nitrogens is 1. The molecule has 1 N–H and O–H groups in total. The number of rotatable bonds is 5. The molecule has 0 aliphatic carbocycles. The van der Waals surface area contributed by atoms with Gasteiger partial charge in [0.05, 0.1) is 17.2 Å². The van der Waals surface area contributed by atoms with Crippen LogP contribution in [0.5, 0.6) is 5.75 Å². The summed E-state index contributed by atoms with van der Waals surface area (Å²) in [4.78, 5) is 15.2. The molecule has 3 aliphatic heterocycles. The van der Waals surface area contributed by atoms with Gasteiger partial charge in [-0.1, -0.05) is 0 Å². The average Bonchev–Trinajstić information content (AvgIpc) is 3.36. The fourth-order valence-corrected chi connectivity index (χ4v) is 4.88. The van der Waals surface area contributed by atoms with Gasteiger partial charge in [0.1, 0.15) is 18.1 Å². The van der Waals surface area contributed by atoms with E-state index in [0.29, 0.717) is 18.2 Å². The molecule has 1 amide bonds. The second-order valence-corrected chi connectivity index (χ2v) is 8.13. The molecule has 27 heavy (non-hydrogen) atoms. The van der Waals surface area contributed by atoms with Crippen LogP contribution >= 0.6 is 11.5 Å². The van der Waals surface area contributed by atoms with Gasteiger partial charge >= 0.3 is 0 Å². The van der Waals surface area contributed by atoms with Crippen molar-refractivity contribution in [1.29, 1.82) is 0 Å². The Morgan fingerprint density at radius 3 is 2.96 bits per heavy atom. The van der Waals surface area contributed by atoms with E-state index in [9.17, 15) is 4.79 Å². The molecule has 0 radical (unpaired) electrons. The SMILES string of the molecule is O=C(N[C@H]1CN2CCC1CC2)c1nsc2cc(OCc3ccoc3)ccc12. The van der Waals surface area contributed by atoms with Crippen molar-refractivity contribution in [2.45, 2.75) is 25.5 Å². The highest BCUT2D eigenvalue weighted by atomic mass is 32.1. The van der Waals surface area contributed by atoms with Crippen molar-refractivity contribution in [2.75, 3.05) is 19.6 Å². The van der Waals surface area contributed by atoms with Crippen LogP contribution < -0.4 is 10.1 Å². The van der Waals surface area contributed by atoms with Crippen molar-refractivity contribution < 1.29 is 13.9 Å². The maximum atomic E-state index is 12.8. The van der Waals surface area contributed by atoms with Crippen molar-refractivity contribution in [2.24, 2.45) is 5.92 Å². The van der Waals surface area contributed by atoms with Crippen molar-refractivity contribution >= 4 is 27.5 Å². The second kappa shape index (κ2) is 6.98. The lowest BCUT2D eigenvalue weighted by Crippen LogP contribution is -2.57. The number of carbonyl (C=O) groups is 1. The number of benzene rings is 1. The Morgan fingerprint density at radius 1 is 1.33 bits per heavy atom. The summed E-state index contributed by atoms with van der Waals surface area (Å²) in [5.74, 6) is 1.30. The molecule has 6 rings (SSSR count). The number of amides is 1. The van der Waals surface area contributed by atoms with Crippen LogP contribution in [0.4, 0.5) is 0 Å². The van der Waals surface area contributed by atoms with Gasteiger partial charge in [-0.2, -0.15) is 4.37 Å². The zero-order valence-corrected chi connectivity index (χ0v) is 15.7. The van der Waals surface area contributed by atoms with Crippen LogP contribution in [-0.2, 0) is 6.61 Å². The van der Waals surface area contributed by atoms with Crippen molar-refractivity contribution in [3.8, 4) is 5.75 Å². The van der Waals surface area contributed by atoms with Crippen LogP contribution in [0.1, 0.15) is 28.9 Å². The number of hydrogen-bond acceptors (Lipinski definition) is 6. The number of nitrogens with one attached hydrogen (secondary N) is 1. The molecule has 0 saturated carbocycles. The molecular formula is C20H21N3O3S. The van der Waals surface area contributed by atoms with Crippen LogP contribution in [0.25, 0.3) is 10.1 Å². The Hall–Kier alpha value is -2.38. The minimum Gasteiger partial charge on any atom is -0.489 e. The number of carbonyl (C=O) groups excluding carboxylic acids is 1. The van der Waals surface area contributed by atoms with Crippen LogP contribution in [-0.4, -0.2) is 40.9 Å². The minimum absolute atomic E-state index is 0.0629. The summed E-state index contributed by atoms with van der Waals surface area (Å²) in [5.41, 5.74) is 1.50. The van der Waals surface area contributed by atoms with Crippen molar-refractivity contribution in [1.82, 2.24) is 14.6 Å². The molecular weight excluding hydrogens is 362 g/mol. The number of piperidine rings is 3. The van der Waals surface area contributed by atoms with E-state index in [1.54, 1.807) is 12.5 Å². The van der Waals surface area contributed by atoms with E-state index >= 15 is 0 Å². The normalized spacial score (nSPS) is 24.2. The topological polar surface area (TPSA) is 67.6 Å². The second-order valence-electron chi connectivity index (χ2n) is 7.33. The minimum atomic E-state index is -0.0629. The highest BCUT2D eigenvalue weighted by molar-refractivity contribution is 7.13. The molecule has 7 heteroatoms. The van der Waals surface area contributed by atoms with E-state index in [1.807, 2.05) is 24.3 Å². The molecule has 140 valence electrons. The van der Waals surface area contributed by atoms with E-state index in [2.05, 4.69) is 14.6 Å². The number of ether oxygens (including phenoxy) is 1. The summed E-state index contributed by atoms with van der Waals surface area (Å²) < 4.78 is 16.2. The molecule has 1 atom stereocenters. The third-order valence-corrected chi connectivity index (χ3v) is 6.43. The van der Waals surface area contributed by atoms with Gasteiger partial charge in [-0.15, -0.1) is 0 Å². The monoisotopic (exact) mass is 383 g/mol. The number of furan rings is 1. The van der Waals surface area contributed by atoms with E-state index in [4.69, 9.17) is 9.15 Å². The van der Waals surface area contributed by atoms with Gasteiger partial charge in [0.15, 0.2) is 0 Å². The van der Waals surface area contributed by atoms with E-state index < -0.39 is 0 Å². The molecule has 5 heterocycles. The maximum Gasteiger partial charge on any atom is 0.271 e. The molecule has 2 aromatic heterocycles. The lowest BCUT2D eigenvalue weighted by atomic mass is 9.84. The predicted molar refractivity (Wildman–Crippen MR) is 103 cm³/mol. The predicted octanol–water partition coefficient (Wildman–Crippen LogP) is 3.29. The molecule has 3 aliphatic rings. The third-order valence-electron chi connectivity index (χ3n) is 5.62. The van der Waals surface area contributed by atoms with Gasteiger partial charge < -0.3 is 19.4 Å². The summed E-state index contributed by atoms with van der Waals surface area (Å²) in [6, 6.07) is 7.88. The fourth-order valence-electron chi connectivity index (χ4n) is 4.08. The van der Waals surface area contributed by atoms with Crippen LogP contribution in [0.3, 0.4) is 0 Å². The molecule has 3 fully saturated rings. The fraction of sp³-hybridized carbons (Fsp3) is 0.400. The molecule has 2 bridgehead atoms. The van der Waals surface area contributed by atoms with Gasteiger partial charge in [0, 0.05) is 23.5 Å². The Bertz CT molecular complexity index is 945. The van der Waals surface area contributed by atoms with Gasteiger partial charge in [-0.25, -0.2) is 0 Å². The maximum absolute atomic E-state index is 12.8. The zero-order chi connectivity index (χ0) is 18.2. The third kappa shape index (κ3) is 3.33. The zero-order valence-electron chi connectivity index (χ0n) is 14.9. The molecule has 0 unspecified atom stereocenters. The first-order chi connectivity index (χ1) is 13.3. The number of fused-ring (bicyclic) bond motifs is 4. The van der Waals surface area contributed by atoms with Crippen LogP contribution in [0, 0.1) is 5.92 Å². The van der Waals surface area contributed by atoms with E-state index in [0.717, 1.165) is 41.0 Å². The lowest BCUT2D eigenvalue weighted by Gasteiger charge is -2.44. The Balaban J connectivity index is 1.29. The van der Waals surface area contributed by atoms with Crippen LogP contribution in [0.2, 0.25) is 0 Å². The van der Waals surface area contributed by atoms with E-state index in [1.165, 1.54) is 24.4 Å². The smallest absolute Gasteiger partial charge is 0.271 e. The first-order valence-electron chi connectivity index (χ1n) is 9.33. The average molecular weight is 383 g/mol.